The van der Waals surface area contributed by atoms with Gasteiger partial charge in [0.1, 0.15) is 18.2 Å². The number of rotatable bonds is 2. The maximum Gasteiger partial charge on any atom is 0.212 e. The van der Waals surface area contributed by atoms with E-state index >= 15 is 0 Å². The van der Waals surface area contributed by atoms with Crippen molar-refractivity contribution in [1.29, 1.82) is 0 Å². The van der Waals surface area contributed by atoms with Crippen LogP contribution in [0.15, 0.2) is 71.3 Å². The molecule has 1 saturated carbocycles. The van der Waals surface area contributed by atoms with Crippen LogP contribution in [0.4, 0.5) is 0 Å². The summed E-state index contributed by atoms with van der Waals surface area (Å²) in [7, 11) is 2.10. The number of aromatic nitrogens is 1. The molecule has 0 spiro atoms. The Kier molecular flexibility index (Phi) is 4.09. The third kappa shape index (κ3) is 3.13. The van der Waals surface area contributed by atoms with Crippen LogP contribution in [0, 0.1) is 6.92 Å². The van der Waals surface area contributed by atoms with Crippen LogP contribution in [-0.4, -0.2) is 0 Å². The molecule has 0 unspecified atom stereocenters. The Morgan fingerprint density at radius 2 is 1.58 bits per heavy atom. The third-order valence-electron chi connectivity index (χ3n) is 6.98. The molecule has 1 aliphatic rings. The second-order valence-corrected chi connectivity index (χ2v) is 9.04. The number of benzene rings is 3. The molecule has 0 bridgehead atoms. The van der Waals surface area contributed by atoms with Crippen LogP contribution in [-0.2, 0) is 7.05 Å². The van der Waals surface area contributed by atoms with Gasteiger partial charge in [0.2, 0.25) is 5.69 Å². The van der Waals surface area contributed by atoms with Crippen LogP contribution in [0.5, 0.6) is 0 Å². The number of furan rings is 1. The summed E-state index contributed by atoms with van der Waals surface area (Å²) in [4.78, 5) is 0. The average molecular weight is 408 g/mol. The lowest BCUT2D eigenvalue weighted by Crippen LogP contribution is -2.31. The van der Waals surface area contributed by atoms with E-state index in [1.54, 1.807) is 0 Å². The molecule has 1 aliphatic carbocycles. The second kappa shape index (κ2) is 7.23. The summed E-state index contributed by atoms with van der Waals surface area (Å²) in [6, 6.07) is 21.7. The van der Waals surface area contributed by atoms with Gasteiger partial charge in [-0.3, -0.25) is 0 Å². The van der Waals surface area contributed by atoms with Crippen molar-refractivity contribution in [2.45, 2.75) is 44.9 Å². The predicted octanol–water partition coefficient (Wildman–Crippen LogP) is 7.59. The van der Waals surface area contributed by atoms with Gasteiger partial charge < -0.3 is 4.42 Å². The van der Waals surface area contributed by atoms with Crippen LogP contribution < -0.4 is 4.57 Å². The van der Waals surface area contributed by atoms with Gasteiger partial charge in [-0.1, -0.05) is 43.5 Å². The molecule has 0 atom stereocenters. The molecule has 2 heterocycles. The lowest BCUT2D eigenvalue weighted by Gasteiger charge is -2.21. The van der Waals surface area contributed by atoms with Gasteiger partial charge in [-0.05, 0) is 71.8 Å². The molecule has 0 amide bonds. The number of hydrogen-bond donors (Lipinski definition) is 0. The zero-order valence-corrected chi connectivity index (χ0v) is 18.2. The van der Waals surface area contributed by atoms with E-state index in [2.05, 4.69) is 85.4 Å². The number of nitrogens with zero attached hydrogens (tertiary/aromatic N) is 1. The molecule has 0 N–H and O–H groups in total. The molecular weight excluding hydrogens is 378 g/mol. The first-order chi connectivity index (χ1) is 15.5. The fraction of sp³-hybridized carbons (Fsp3) is 0.276. The molecule has 2 aromatic heterocycles. The van der Waals surface area contributed by atoms with E-state index in [0.29, 0.717) is 0 Å². The third-order valence-corrected chi connectivity index (χ3v) is 6.98. The van der Waals surface area contributed by atoms with E-state index in [9.17, 15) is 0 Å². The Hall–Kier alpha value is -3.13. The first kappa shape index (κ1) is 17.5. The smallest absolute Gasteiger partial charge is 0.212 e. The molecule has 6 rings (SSSR count). The molecule has 0 radical (unpaired) electrons. The molecule has 2 nitrogen and oxygen atoms in total. The van der Waals surface area contributed by atoms with Gasteiger partial charge in [-0.15, -0.1) is 0 Å². The van der Waals surface area contributed by atoms with Crippen molar-refractivity contribution in [3.63, 3.8) is 0 Å². The molecule has 0 aliphatic heterocycles. The minimum absolute atomic E-state index is 0.458. The van der Waals surface area contributed by atoms with E-state index < -0.39 is 5.89 Å². The van der Waals surface area contributed by atoms with Crippen LogP contribution in [0.1, 0.15) is 50.5 Å². The summed E-state index contributed by atoms with van der Waals surface area (Å²) in [5.41, 5.74) is 6.57. The van der Waals surface area contributed by atoms with Crippen LogP contribution in [0.2, 0.25) is 0 Å². The van der Waals surface area contributed by atoms with Crippen molar-refractivity contribution in [3.8, 4) is 11.3 Å². The number of hydrogen-bond acceptors (Lipinski definition) is 1. The summed E-state index contributed by atoms with van der Waals surface area (Å²) in [5.74, 6) is -0.458. The van der Waals surface area contributed by atoms with Crippen molar-refractivity contribution in [3.05, 3.63) is 78.0 Å². The van der Waals surface area contributed by atoms with Gasteiger partial charge in [0, 0.05) is 29.8 Å². The molecule has 5 aromatic rings. The Balaban J connectivity index is 1.56. The van der Waals surface area contributed by atoms with Crippen LogP contribution in [0.25, 0.3) is 44.0 Å². The summed E-state index contributed by atoms with van der Waals surface area (Å²) in [6.07, 6.45) is 7.60. The Labute approximate surface area is 184 Å². The van der Waals surface area contributed by atoms with Gasteiger partial charge >= 0.3 is 0 Å². The SMILES string of the molecule is [2H]C1(c2cc[n+](C)c(-c3cc4c(cc3C)oc3cc5ccccc5cc34)c2)CCCCC1. The highest BCUT2D eigenvalue weighted by Gasteiger charge is 2.21. The monoisotopic (exact) mass is 407 g/mol. The van der Waals surface area contributed by atoms with Crippen molar-refractivity contribution < 1.29 is 10.4 Å². The first-order valence-electron chi connectivity index (χ1n) is 11.9. The number of fused-ring (bicyclic) bond motifs is 4. The van der Waals surface area contributed by atoms with E-state index in [4.69, 9.17) is 5.79 Å². The number of pyridine rings is 1. The second-order valence-electron chi connectivity index (χ2n) is 9.04. The standard InChI is InChI=1S/C29H28NO/c1-19-14-28-26(25-15-21-10-6-7-11-22(21)17-29(25)31-28)18-24(19)27-16-23(12-13-30(27)2)20-8-4-3-5-9-20/h6-7,10-18,20H,3-5,8-9H2,1-2H3/q+1/i20D. The largest absolute Gasteiger partial charge is 0.456 e. The van der Waals surface area contributed by atoms with Crippen LogP contribution in [0.3, 0.4) is 0 Å². The molecule has 0 saturated heterocycles. The topological polar surface area (TPSA) is 17.0 Å². The first-order valence-corrected chi connectivity index (χ1v) is 11.4. The van der Waals surface area contributed by atoms with E-state index in [-0.39, 0.29) is 0 Å². The van der Waals surface area contributed by atoms with Crippen molar-refractivity contribution in [1.82, 2.24) is 0 Å². The molecule has 31 heavy (non-hydrogen) atoms. The highest BCUT2D eigenvalue weighted by molar-refractivity contribution is 6.11. The lowest BCUT2D eigenvalue weighted by atomic mass is 9.84. The fourth-order valence-electron chi connectivity index (χ4n) is 5.21. The zero-order chi connectivity index (χ0) is 21.9. The van der Waals surface area contributed by atoms with Crippen molar-refractivity contribution in [2.24, 2.45) is 7.05 Å². The lowest BCUT2D eigenvalue weighted by molar-refractivity contribution is -0.660. The summed E-state index contributed by atoms with van der Waals surface area (Å²) in [5, 5.41) is 4.73. The highest BCUT2D eigenvalue weighted by Crippen LogP contribution is 2.37. The predicted molar refractivity (Wildman–Crippen MR) is 128 cm³/mol. The van der Waals surface area contributed by atoms with Gasteiger partial charge in [0.05, 0.1) is 0 Å². The maximum absolute atomic E-state index is 9.11. The van der Waals surface area contributed by atoms with Gasteiger partial charge in [-0.2, -0.15) is 0 Å². The van der Waals surface area contributed by atoms with Crippen LogP contribution >= 0.6 is 0 Å². The fourth-order valence-corrected chi connectivity index (χ4v) is 5.21. The summed E-state index contributed by atoms with van der Waals surface area (Å²) >= 11 is 0. The maximum atomic E-state index is 9.11. The summed E-state index contributed by atoms with van der Waals surface area (Å²) in [6.45, 7) is 2.15. The average Bonchev–Trinajstić information content (AvgIpc) is 3.13. The minimum atomic E-state index is -0.458. The van der Waals surface area contributed by atoms with E-state index in [1.165, 1.54) is 28.3 Å². The summed E-state index contributed by atoms with van der Waals surface area (Å²) < 4.78 is 17.6. The zero-order valence-electron chi connectivity index (χ0n) is 19.2. The van der Waals surface area contributed by atoms with Gasteiger partial charge in [0.25, 0.3) is 0 Å². The molecule has 154 valence electrons. The molecule has 1 fully saturated rings. The van der Waals surface area contributed by atoms with Crippen molar-refractivity contribution in [2.75, 3.05) is 0 Å². The van der Waals surface area contributed by atoms with Gasteiger partial charge in [0.15, 0.2) is 6.20 Å². The quantitative estimate of drug-likeness (QED) is 0.276. The Morgan fingerprint density at radius 3 is 2.39 bits per heavy atom. The van der Waals surface area contributed by atoms with E-state index in [0.717, 1.165) is 58.9 Å². The highest BCUT2D eigenvalue weighted by atomic mass is 16.3. The van der Waals surface area contributed by atoms with Crippen molar-refractivity contribution >= 4 is 32.7 Å². The Morgan fingerprint density at radius 1 is 0.871 bits per heavy atom. The molecule has 3 aromatic carbocycles. The molecular formula is C29H28NO+. The normalized spacial score (nSPS) is 16.8. The van der Waals surface area contributed by atoms with E-state index in [1.807, 2.05) is 0 Å². The number of aryl methyl sites for hydroxylation is 2. The Bertz CT molecular complexity index is 1490. The minimum Gasteiger partial charge on any atom is -0.456 e. The van der Waals surface area contributed by atoms with Gasteiger partial charge in [-0.25, -0.2) is 4.57 Å². The molecule has 2 heteroatoms.